The summed E-state index contributed by atoms with van der Waals surface area (Å²) in [6.07, 6.45) is 9.55. The van der Waals surface area contributed by atoms with E-state index in [9.17, 15) is 0 Å². The fourth-order valence-corrected chi connectivity index (χ4v) is 7.85. The molecule has 1 unspecified atom stereocenters. The van der Waals surface area contributed by atoms with Gasteiger partial charge in [-0.05, 0) is 46.8 Å². The number of benzene rings is 6. The van der Waals surface area contributed by atoms with Gasteiger partial charge in [0, 0.05) is 48.5 Å². The minimum absolute atomic E-state index is 0.0664. The highest BCUT2D eigenvalue weighted by molar-refractivity contribution is 6.42. The molecule has 0 saturated heterocycles. The lowest BCUT2D eigenvalue weighted by atomic mass is 9.99. The summed E-state index contributed by atoms with van der Waals surface area (Å²) in [6.45, 7) is 0. The second-order valence-electron chi connectivity index (χ2n) is 12.6. The molecule has 0 heterocycles. The monoisotopic (exact) mass is 611 g/mol. The van der Waals surface area contributed by atoms with Crippen molar-refractivity contribution in [2.75, 3.05) is 0 Å². The van der Waals surface area contributed by atoms with Crippen molar-refractivity contribution in [2.24, 2.45) is 15.0 Å². The number of nitrogens with zero attached hydrogens (tertiary/aromatic N) is 3. The van der Waals surface area contributed by atoms with Crippen LogP contribution in [0.25, 0.3) is 64.6 Å². The van der Waals surface area contributed by atoms with E-state index in [1.54, 1.807) is 0 Å². The van der Waals surface area contributed by atoms with Crippen LogP contribution in [-0.2, 0) is 0 Å². The molecule has 0 saturated carbocycles. The fraction of sp³-hybridized carbons (Fsp3) is 0.0444. The Kier molecular flexibility index (Phi) is 6.00. The van der Waals surface area contributed by atoms with Gasteiger partial charge in [0.05, 0.1) is 33.5 Å². The first-order valence-corrected chi connectivity index (χ1v) is 16.6. The molecule has 0 bridgehead atoms. The Bertz CT molecular complexity index is 2880. The van der Waals surface area contributed by atoms with Gasteiger partial charge in [0.2, 0.25) is 0 Å². The van der Waals surface area contributed by atoms with Crippen LogP contribution in [0.3, 0.4) is 0 Å². The predicted molar refractivity (Wildman–Crippen MR) is 201 cm³/mol. The Morgan fingerprint density at radius 1 is 0.375 bits per heavy atom. The third-order valence-electron chi connectivity index (χ3n) is 9.81. The molecule has 10 rings (SSSR count). The van der Waals surface area contributed by atoms with Crippen molar-refractivity contribution in [2.45, 2.75) is 12.5 Å². The SMILES string of the molecule is C1=CCC(/N=c2\c3ccccc3c3c4/c(=N/c5ccccc5)c5ccccc5c4c4/c(=N/c5ccccc5)c5ccccc5c4c23)C=C1. The number of para-hydroxylation sites is 2. The van der Waals surface area contributed by atoms with E-state index in [4.69, 9.17) is 15.0 Å². The molecule has 0 aromatic heterocycles. The maximum atomic E-state index is 5.56. The highest BCUT2D eigenvalue weighted by Gasteiger charge is 2.25. The highest BCUT2D eigenvalue weighted by atomic mass is 14.8. The first-order valence-electron chi connectivity index (χ1n) is 16.6. The van der Waals surface area contributed by atoms with E-state index < -0.39 is 0 Å². The van der Waals surface area contributed by atoms with Crippen LogP contribution in [0.15, 0.2) is 173 Å². The second kappa shape index (κ2) is 10.7. The zero-order valence-corrected chi connectivity index (χ0v) is 26.1. The molecule has 224 valence electrons. The maximum absolute atomic E-state index is 5.56. The Morgan fingerprint density at radius 2 is 0.771 bits per heavy atom. The highest BCUT2D eigenvalue weighted by Crippen LogP contribution is 2.43. The molecule has 0 spiro atoms. The van der Waals surface area contributed by atoms with Crippen LogP contribution >= 0.6 is 0 Å². The van der Waals surface area contributed by atoms with Crippen LogP contribution in [0, 0.1) is 0 Å². The molecule has 1 aliphatic carbocycles. The average Bonchev–Trinajstić information content (AvgIpc) is 3.76. The molecule has 0 fully saturated rings. The largest absolute Gasteiger partial charge is 0.276 e. The van der Waals surface area contributed by atoms with Gasteiger partial charge in [-0.25, -0.2) is 9.98 Å². The summed E-state index contributed by atoms with van der Waals surface area (Å²) in [6, 6.07) is 47.1. The average molecular weight is 612 g/mol. The van der Waals surface area contributed by atoms with Crippen LogP contribution in [0.5, 0.6) is 0 Å². The molecule has 1 aliphatic rings. The molecule has 9 aromatic rings. The molecule has 3 heteroatoms. The third-order valence-corrected chi connectivity index (χ3v) is 9.81. The quantitative estimate of drug-likeness (QED) is 0.191. The number of rotatable bonds is 3. The molecule has 0 aliphatic heterocycles. The van der Waals surface area contributed by atoms with Gasteiger partial charge in [0.15, 0.2) is 0 Å². The van der Waals surface area contributed by atoms with Crippen LogP contribution in [-0.4, -0.2) is 6.04 Å². The number of hydrogen-bond acceptors (Lipinski definition) is 3. The molecular formula is C45H29N3. The fourth-order valence-electron chi connectivity index (χ4n) is 7.85. The Balaban J connectivity index is 1.58. The zero-order chi connectivity index (χ0) is 31.6. The summed E-state index contributed by atoms with van der Waals surface area (Å²) in [5, 5.41) is 17.3. The van der Waals surface area contributed by atoms with E-state index in [2.05, 4.69) is 146 Å². The molecule has 48 heavy (non-hydrogen) atoms. The van der Waals surface area contributed by atoms with Gasteiger partial charge in [-0.15, -0.1) is 0 Å². The summed E-state index contributed by atoms with van der Waals surface area (Å²) in [7, 11) is 0. The Morgan fingerprint density at radius 3 is 1.21 bits per heavy atom. The number of fused-ring (bicyclic) bond motifs is 12. The van der Waals surface area contributed by atoms with Gasteiger partial charge in [-0.2, -0.15) is 0 Å². The van der Waals surface area contributed by atoms with Gasteiger partial charge in [0.25, 0.3) is 0 Å². The minimum atomic E-state index is 0.0664. The Labute approximate surface area is 276 Å². The van der Waals surface area contributed by atoms with Crippen LogP contribution < -0.4 is 16.1 Å². The standard InChI is InChI=1S/C45H29N3/c1-4-16-28(17-5-1)46-43-34-25-13-10-22-31(34)37-40(43)38-32-23-11-14-26-35(32)44(47-29-18-6-2-7-19-29)42(38)39-33-24-12-15-27-36(33)45(41(37)39)48-30-20-8-3-9-21-30/h1-20,22-27,30H,21H2/b46-43+,47-44+,48-45+. The molecule has 0 amide bonds. The summed E-state index contributed by atoms with van der Waals surface area (Å²) < 4.78 is 0. The molecular weight excluding hydrogens is 583 g/mol. The normalized spacial score (nSPS) is 16.2. The van der Waals surface area contributed by atoms with Crippen LogP contribution in [0.4, 0.5) is 11.4 Å². The van der Waals surface area contributed by atoms with Gasteiger partial charge in [-0.3, -0.25) is 4.99 Å². The second-order valence-corrected chi connectivity index (χ2v) is 12.6. The topological polar surface area (TPSA) is 37.1 Å². The lowest BCUT2D eigenvalue weighted by Crippen LogP contribution is -2.10. The minimum Gasteiger partial charge on any atom is -0.276 e. The first kappa shape index (κ1) is 27.0. The van der Waals surface area contributed by atoms with Crippen molar-refractivity contribution < 1.29 is 0 Å². The van der Waals surface area contributed by atoms with E-state index in [-0.39, 0.29) is 6.04 Å². The molecule has 3 nitrogen and oxygen atoms in total. The van der Waals surface area contributed by atoms with Gasteiger partial charge in [0.1, 0.15) is 0 Å². The van der Waals surface area contributed by atoms with E-state index in [0.29, 0.717) is 0 Å². The number of allylic oxidation sites excluding steroid dienone is 2. The van der Waals surface area contributed by atoms with Crippen LogP contribution in [0.2, 0.25) is 0 Å². The van der Waals surface area contributed by atoms with Gasteiger partial charge < -0.3 is 0 Å². The Hall–Kier alpha value is -6.19. The maximum Gasteiger partial charge on any atom is 0.0800 e. The molecule has 9 aromatic carbocycles. The molecule has 1 atom stereocenters. The van der Waals surface area contributed by atoms with Gasteiger partial charge in [-0.1, -0.05) is 133 Å². The van der Waals surface area contributed by atoms with E-state index in [1.807, 2.05) is 12.1 Å². The smallest absolute Gasteiger partial charge is 0.0800 e. The molecule has 0 N–H and O–H groups in total. The zero-order valence-electron chi connectivity index (χ0n) is 26.1. The summed E-state index contributed by atoms with van der Waals surface area (Å²) in [5.41, 5.74) is 1.87. The van der Waals surface area contributed by atoms with Crippen molar-refractivity contribution in [1.82, 2.24) is 0 Å². The molecule has 0 radical (unpaired) electrons. The van der Waals surface area contributed by atoms with E-state index in [1.165, 1.54) is 53.9 Å². The predicted octanol–water partition coefficient (Wildman–Crippen LogP) is 10.2. The summed E-state index contributed by atoms with van der Waals surface area (Å²) >= 11 is 0. The first-order chi connectivity index (χ1) is 23.8. The lowest BCUT2D eigenvalue weighted by Gasteiger charge is -2.07. The summed E-state index contributed by atoms with van der Waals surface area (Å²) in [4.78, 5) is 16.4. The van der Waals surface area contributed by atoms with Crippen LogP contribution in [0.1, 0.15) is 6.42 Å². The van der Waals surface area contributed by atoms with Crippen molar-refractivity contribution in [3.05, 3.63) is 174 Å². The summed E-state index contributed by atoms with van der Waals surface area (Å²) in [5.74, 6) is 0. The van der Waals surface area contributed by atoms with Crippen molar-refractivity contribution >= 4 is 76.0 Å². The van der Waals surface area contributed by atoms with E-state index >= 15 is 0 Å². The van der Waals surface area contributed by atoms with E-state index in [0.717, 1.165) is 44.6 Å². The van der Waals surface area contributed by atoms with Crippen molar-refractivity contribution in [3.63, 3.8) is 0 Å². The van der Waals surface area contributed by atoms with Crippen molar-refractivity contribution in [1.29, 1.82) is 0 Å². The third kappa shape index (κ3) is 3.98. The van der Waals surface area contributed by atoms with Crippen molar-refractivity contribution in [3.8, 4) is 0 Å². The number of hydrogen-bond donors (Lipinski definition) is 0. The van der Waals surface area contributed by atoms with Gasteiger partial charge >= 0.3 is 0 Å². The lowest BCUT2D eigenvalue weighted by molar-refractivity contribution is 0.805.